The van der Waals surface area contributed by atoms with Crippen molar-refractivity contribution in [3.05, 3.63) is 21.3 Å². The quantitative estimate of drug-likeness (QED) is 0.778. The van der Waals surface area contributed by atoms with Crippen molar-refractivity contribution in [3.63, 3.8) is 0 Å². The molecule has 1 amide bonds. The highest BCUT2D eigenvalue weighted by molar-refractivity contribution is 14.1. The van der Waals surface area contributed by atoms with Gasteiger partial charge >= 0.3 is 0 Å². The first-order chi connectivity index (χ1) is 9.06. The molecule has 1 aromatic rings. The Morgan fingerprint density at radius 1 is 1.37 bits per heavy atom. The summed E-state index contributed by atoms with van der Waals surface area (Å²) in [6, 6.07) is 3.76. The molecule has 0 bridgehead atoms. The van der Waals surface area contributed by atoms with E-state index in [0.717, 1.165) is 21.3 Å². The Morgan fingerprint density at radius 2 is 2.00 bits per heavy atom. The number of methoxy groups -OCH3 is 2. The minimum atomic E-state index is -0.298. The van der Waals surface area contributed by atoms with Crippen LogP contribution in [0.5, 0.6) is 11.5 Å². The third kappa shape index (κ3) is 3.32. The van der Waals surface area contributed by atoms with Gasteiger partial charge in [-0.3, -0.25) is 4.79 Å². The van der Waals surface area contributed by atoms with Crippen LogP contribution in [0, 0.1) is 9.49 Å². The summed E-state index contributed by atoms with van der Waals surface area (Å²) in [6.45, 7) is 0. The number of hydrogen-bond donors (Lipinski definition) is 1. The summed E-state index contributed by atoms with van der Waals surface area (Å²) in [4.78, 5) is 11.7. The lowest BCUT2D eigenvalue weighted by atomic mass is 9.92. The SMILES string of the molecule is COc1cc(C(CC2CC2)C(N)=O)c(OC)cc1I. The lowest BCUT2D eigenvalue weighted by Gasteiger charge is -2.18. The minimum Gasteiger partial charge on any atom is -0.496 e. The van der Waals surface area contributed by atoms with E-state index in [2.05, 4.69) is 22.6 Å². The summed E-state index contributed by atoms with van der Waals surface area (Å²) >= 11 is 2.18. The number of halogens is 1. The van der Waals surface area contributed by atoms with Gasteiger partial charge in [0.25, 0.3) is 0 Å². The van der Waals surface area contributed by atoms with Crippen molar-refractivity contribution in [2.45, 2.75) is 25.2 Å². The molecule has 0 saturated heterocycles. The standard InChI is InChI=1S/C14H18INO3/c1-18-12-7-11(15)13(19-2)6-9(12)10(14(16)17)5-8-3-4-8/h6-8,10H,3-5H2,1-2H3,(H2,16,17). The Kier molecular flexibility index (Phi) is 4.54. The predicted molar refractivity (Wildman–Crippen MR) is 81.5 cm³/mol. The van der Waals surface area contributed by atoms with Crippen molar-refractivity contribution in [1.29, 1.82) is 0 Å². The lowest BCUT2D eigenvalue weighted by molar-refractivity contribution is -0.119. The van der Waals surface area contributed by atoms with Crippen LogP contribution in [-0.4, -0.2) is 20.1 Å². The fourth-order valence-electron chi connectivity index (χ4n) is 2.24. The summed E-state index contributed by atoms with van der Waals surface area (Å²) in [5.41, 5.74) is 6.39. The molecule has 2 rings (SSSR count). The second kappa shape index (κ2) is 5.98. The summed E-state index contributed by atoms with van der Waals surface area (Å²) in [7, 11) is 3.23. The zero-order valence-corrected chi connectivity index (χ0v) is 13.3. The molecule has 19 heavy (non-hydrogen) atoms. The maximum atomic E-state index is 11.7. The van der Waals surface area contributed by atoms with Crippen LogP contribution >= 0.6 is 22.6 Å². The van der Waals surface area contributed by atoms with Crippen LogP contribution in [0.3, 0.4) is 0 Å². The maximum absolute atomic E-state index is 11.7. The molecule has 1 saturated carbocycles. The van der Waals surface area contributed by atoms with Gasteiger partial charge in [0.1, 0.15) is 11.5 Å². The number of primary amides is 1. The molecule has 1 aromatic carbocycles. The highest BCUT2D eigenvalue weighted by Gasteiger charge is 2.31. The van der Waals surface area contributed by atoms with Gasteiger partial charge in [-0.25, -0.2) is 0 Å². The van der Waals surface area contributed by atoms with Gasteiger partial charge in [0.05, 0.1) is 23.7 Å². The first-order valence-electron chi connectivity index (χ1n) is 6.27. The number of hydrogen-bond acceptors (Lipinski definition) is 3. The summed E-state index contributed by atoms with van der Waals surface area (Å²) < 4.78 is 11.7. The monoisotopic (exact) mass is 375 g/mol. The van der Waals surface area contributed by atoms with E-state index >= 15 is 0 Å². The summed E-state index contributed by atoms with van der Waals surface area (Å²) in [5, 5.41) is 0. The molecule has 1 unspecified atom stereocenters. The van der Waals surface area contributed by atoms with Crippen molar-refractivity contribution in [2.24, 2.45) is 11.7 Å². The zero-order chi connectivity index (χ0) is 14.0. The number of nitrogens with two attached hydrogens (primary N) is 1. The Balaban J connectivity index is 2.40. The van der Waals surface area contributed by atoms with Gasteiger partial charge < -0.3 is 15.2 Å². The Hall–Kier alpha value is -0.980. The lowest BCUT2D eigenvalue weighted by Crippen LogP contribution is -2.22. The van der Waals surface area contributed by atoms with Gasteiger partial charge in [-0.05, 0) is 47.1 Å². The van der Waals surface area contributed by atoms with Crippen molar-refractivity contribution < 1.29 is 14.3 Å². The first kappa shape index (κ1) is 14.4. The highest BCUT2D eigenvalue weighted by atomic mass is 127. The van der Waals surface area contributed by atoms with Crippen molar-refractivity contribution in [2.75, 3.05) is 14.2 Å². The molecule has 0 spiro atoms. The third-order valence-electron chi connectivity index (χ3n) is 3.49. The predicted octanol–water partition coefficient (Wildman–Crippen LogP) is 2.68. The molecule has 2 N–H and O–H groups in total. The molecule has 104 valence electrons. The van der Waals surface area contributed by atoms with E-state index in [1.807, 2.05) is 12.1 Å². The third-order valence-corrected chi connectivity index (χ3v) is 4.33. The van der Waals surface area contributed by atoms with E-state index in [1.165, 1.54) is 12.8 Å². The van der Waals surface area contributed by atoms with E-state index in [-0.39, 0.29) is 11.8 Å². The average molecular weight is 375 g/mol. The molecule has 0 aliphatic heterocycles. The Bertz CT molecular complexity index is 486. The normalized spacial score (nSPS) is 15.9. The molecular formula is C14H18INO3. The van der Waals surface area contributed by atoms with Gasteiger partial charge in [0.15, 0.2) is 0 Å². The topological polar surface area (TPSA) is 61.5 Å². The highest BCUT2D eigenvalue weighted by Crippen LogP contribution is 2.42. The molecule has 0 heterocycles. The summed E-state index contributed by atoms with van der Waals surface area (Å²) in [6.07, 6.45) is 3.18. The molecule has 5 heteroatoms. The number of rotatable bonds is 6. The van der Waals surface area contributed by atoms with Crippen LogP contribution in [0.1, 0.15) is 30.7 Å². The van der Waals surface area contributed by atoms with Crippen LogP contribution in [-0.2, 0) is 4.79 Å². The largest absolute Gasteiger partial charge is 0.496 e. The van der Waals surface area contributed by atoms with E-state index in [4.69, 9.17) is 15.2 Å². The van der Waals surface area contributed by atoms with Gasteiger partial charge in [-0.1, -0.05) is 12.8 Å². The van der Waals surface area contributed by atoms with Crippen molar-refractivity contribution in [1.82, 2.24) is 0 Å². The van der Waals surface area contributed by atoms with Crippen LogP contribution in [0.4, 0.5) is 0 Å². The minimum absolute atomic E-state index is 0.298. The number of ether oxygens (including phenoxy) is 2. The fraction of sp³-hybridized carbons (Fsp3) is 0.500. The van der Waals surface area contributed by atoms with Crippen LogP contribution < -0.4 is 15.2 Å². The second-order valence-corrected chi connectivity index (χ2v) is 6.02. The fourth-order valence-corrected chi connectivity index (χ4v) is 2.90. The number of carbonyl (C=O) groups excluding carboxylic acids is 1. The molecular weight excluding hydrogens is 357 g/mol. The number of benzene rings is 1. The van der Waals surface area contributed by atoms with E-state index in [0.29, 0.717) is 11.7 Å². The molecule has 1 fully saturated rings. The van der Waals surface area contributed by atoms with Crippen molar-refractivity contribution in [3.8, 4) is 11.5 Å². The van der Waals surface area contributed by atoms with Crippen LogP contribution in [0.2, 0.25) is 0 Å². The van der Waals surface area contributed by atoms with Crippen LogP contribution in [0.25, 0.3) is 0 Å². The van der Waals surface area contributed by atoms with Crippen LogP contribution in [0.15, 0.2) is 12.1 Å². The Labute approximate surface area is 126 Å². The van der Waals surface area contributed by atoms with Gasteiger partial charge in [0.2, 0.25) is 5.91 Å². The molecule has 1 aliphatic rings. The van der Waals surface area contributed by atoms with E-state index in [1.54, 1.807) is 14.2 Å². The smallest absolute Gasteiger partial charge is 0.225 e. The number of carbonyl (C=O) groups is 1. The van der Waals surface area contributed by atoms with E-state index < -0.39 is 0 Å². The molecule has 0 aromatic heterocycles. The van der Waals surface area contributed by atoms with E-state index in [9.17, 15) is 4.79 Å². The average Bonchev–Trinajstić information content (AvgIpc) is 3.19. The summed E-state index contributed by atoms with van der Waals surface area (Å²) in [5.74, 6) is 1.47. The van der Waals surface area contributed by atoms with Crippen molar-refractivity contribution >= 4 is 28.5 Å². The Morgan fingerprint density at radius 3 is 2.47 bits per heavy atom. The van der Waals surface area contributed by atoms with Gasteiger partial charge in [-0.2, -0.15) is 0 Å². The molecule has 1 atom stereocenters. The molecule has 0 radical (unpaired) electrons. The maximum Gasteiger partial charge on any atom is 0.225 e. The molecule has 1 aliphatic carbocycles. The zero-order valence-electron chi connectivity index (χ0n) is 11.1. The first-order valence-corrected chi connectivity index (χ1v) is 7.35. The number of amides is 1. The van der Waals surface area contributed by atoms with Gasteiger partial charge in [0, 0.05) is 5.56 Å². The van der Waals surface area contributed by atoms with Gasteiger partial charge in [-0.15, -0.1) is 0 Å². The molecule has 4 nitrogen and oxygen atoms in total. The second-order valence-electron chi connectivity index (χ2n) is 4.86.